The molecule has 0 radical (unpaired) electrons. The van der Waals surface area contributed by atoms with Crippen LogP contribution in [0.2, 0.25) is 0 Å². The predicted octanol–water partition coefficient (Wildman–Crippen LogP) is 6.72. The fourth-order valence-electron chi connectivity index (χ4n) is 3.40. The minimum atomic E-state index is -0.181. The lowest BCUT2D eigenvalue weighted by molar-refractivity contribution is -0.141. The number of rotatable bonds is 24. The molecule has 0 heterocycles. The van der Waals surface area contributed by atoms with Gasteiger partial charge >= 0.3 is 5.97 Å². The van der Waals surface area contributed by atoms with Crippen molar-refractivity contribution >= 4 is 5.97 Å². The fourth-order valence-corrected chi connectivity index (χ4v) is 3.40. The van der Waals surface area contributed by atoms with Crippen LogP contribution in [0.15, 0.2) is 24.3 Å². The van der Waals surface area contributed by atoms with Crippen molar-refractivity contribution in [2.45, 2.75) is 103 Å². The third-order valence-electron chi connectivity index (χ3n) is 5.74. The highest BCUT2D eigenvalue weighted by Gasteiger charge is 2.12. The van der Waals surface area contributed by atoms with E-state index in [2.05, 4.69) is 40.9 Å². The lowest BCUT2D eigenvalue weighted by Gasteiger charge is -2.24. The van der Waals surface area contributed by atoms with Crippen LogP contribution in [0.3, 0.4) is 0 Å². The van der Waals surface area contributed by atoms with E-state index in [4.69, 9.17) is 9.47 Å². The van der Waals surface area contributed by atoms with Gasteiger partial charge < -0.3 is 19.1 Å². The molecule has 5 nitrogen and oxygen atoms in total. The number of unbranched alkanes of at least 4 members (excludes halogenated alkanes) is 9. The first-order valence-electron chi connectivity index (χ1n) is 13.3. The molecule has 0 aromatic heterocycles. The Labute approximate surface area is 204 Å². The molecule has 5 heteroatoms. The van der Waals surface area contributed by atoms with E-state index in [1.54, 1.807) is 0 Å². The molecule has 0 saturated carbocycles. The van der Waals surface area contributed by atoms with Gasteiger partial charge in [-0.25, -0.2) is 0 Å². The summed E-state index contributed by atoms with van der Waals surface area (Å²) in [4.78, 5) is 13.2. The number of methoxy groups -OCH3 is 1. The lowest BCUT2D eigenvalue weighted by Crippen LogP contribution is -2.37. The van der Waals surface area contributed by atoms with Gasteiger partial charge in [0.05, 0.1) is 26.4 Å². The zero-order valence-electron chi connectivity index (χ0n) is 22.2. The monoisotopic (exact) mass is 467 g/mol. The highest BCUT2D eigenvalue weighted by Crippen LogP contribution is 2.09. The molecule has 1 atom stereocenters. The number of esters is 1. The summed E-state index contributed by atoms with van der Waals surface area (Å²) in [5.41, 5.74) is 0. The van der Waals surface area contributed by atoms with Gasteiger partial charge in [0.2, 0.25) is 0 Å². The van der Waals surface area contributed by atoms with Crippen molar-refractivity contribution in [1.82, 2.24) is 4.90 Å². The molecule has 0 aliphatic rings. The van der Waals surface area contributed by atoms with Gasteiger partial charge in [-0.1, -0.05) is 69.8 Å². The fraction of sp³-hybridized carbons (Fsp3) is 0.821. The zero-order valence-corrected chi connectivity index (χ0v) is 22.2. The van der Waals surface area contributed by atoms with Crippen LogP contribution in [-0.2, 0) is 19.0 Å². The van der Waals surface area contributed by atoms with E-state index in [1.807, 2.05) is 14.1 Å². The molecule has 0 saturated heterocycles. The molecule has 1 unspecified atom stereocenters. The van der Waals surface area contributed by atoms with E-state index >= 15 is 0 Å². The van der Waals surface area contributed by atoms with Gasteiger partial charge in [-0.2, -0.15) is 0 Å². The topological polar surface area (TPSA) is 48.0 Å². The predicted molar refractivity (Wildman–Crippen MR) is 140 cm³/mol. The molecule has 0 rings (SSSR count). The van der Waals surface area contributed by atoms with E-state index in [0.29, 0.717) is 32.7 Å². The maximum absolute atomic E-state index is 11.1. The molecule has 0 aromatic rings. The van der Waals surface area contributed by atoms with Crippen LogP contribution < -0.4 is 0 Å². The third kappa shape index (κ3) is 23.8. The average molecular weight is 468 g/mol. The number of likely N-dealkylation sites (N-methyl/N-ethyl adjacent to an activating group) is 1. The summed E-state index contributed by atoms with van der Waals surface area (Å²) in [6.07, 6.45) is 25.5. The average Bonchev–Trinajstić information content (AvgIpc) is 2.81. The zero-order chi connectivity index (χ0) is 24.4. The van der Waals surface area contributed by atoms with Crippen molar-refractivity contribution < 1.29 is 19.0 Å². The Kier molecular flexibility index (Phi) is 24.6. The molecule has 0 bridgehead atoms. The molecule has 194 valence electrons. The molecule has 0 N–H and O–H groups in total. The Morgan fingerprint density at radius 2 is 1.30 bits per heavy atom. The van der Waals surface area contributed by atoms with Crippen LogP contribution in [0.25, 0.3) is 0 Å². The van der Waals surface area contributed by atoms with Crippen LogP contribution in [0.1, 0.15) is 96.8 Å². The summed E-state index contributed by atoms with van der Waals surface area (Å²) in [6, 6.07) is 0.243. The molecule has 0 amide bonds. The normalized spacial score (nSPS) is 12.9. The van der Waals surface area contributed by atoms with Gasteiger partial charge in [-0.05, 0) is 59.0 Å². The number of allylic oxidation sites excluding steroid dienone is 4. The number of hydrogen-bond donors (Lipinski definition) is 0. The van der Waals surface area contributed by atoms with E-state index in [0.717, 1.165) is 19.4 Å². The molecule has 0 fully saturated rings. The van der Waals surface area contributed by atoms with Gasteiger partial charge in [0, 0.05) is 19.6 Å². The minimum absolute atomic E-state index is 0.181. The summed E-state index contributed by atoms with van der Waals surface area (Å²) >= 11 is 0. The second kappa shape index (κ2) is 25.5. The van der Waals surface area contributed by atoms with E-state index in [1.165, 1.54) is 71.3 Å². The largest absolute Gasteiger partial charge is 0.469 e. The number of nitrogens with zero attached hydrogens (tertiary/aromatic N) is 1. The standard InChI is InChI=1S/C28H53NO4/c1-5-6-7-8-9-10-11-12-13-14-15-16-17-18-19-20-23-32-25-27(29(2)3)26-33-24-21-22-28(30)31-4/h9-10,12-13,27H,5-8,11,14-26H2,1-4H3/b10-9-,13-12-. The Morgan fingerprint density at radius 1 is 0.758 bits per heavy atom. The Balaban J connectivity index is 3.48. The first-order chi connectivity index (χ1) is 16.1. The van der Waals surface area contributed by atoms with Crippen LogP contribution in [0.4, 0.5) is 0 Å². The molecular weight excluding hydrogens is 414 g/mol. The van der Waals surface area contributed by atoms with Gasteiger partial charge in [0.15, 0.2) is 0 Å². The molecule has 33 heavy (non-hydrogen) atoms. The van der Waals surface area contributed by atoms with E-state index in [9.17, 15) is 4.79 Å². The van der Waals surface area contributed by atoms with Gasteiger partial charge in [-0.3, -0.25) is 4.79 Å². The smallest absolute Gasteiger partial charge is 0.305 e. The summed E-state index contributed by atoms with van der Waals surface area (Å²) < 4.78 is 16.2. The highest BCUT2D eigenvalue weighted by atomic mass is 16.5. The van der Waals surface area contributed by atoms with E-state index < -0.39 is 0 Å². The van der Waals surface area contributed by atoms with Crippen LogP contribution >= 0.6 is 0 Å². The number of carbonyl (C=O) groups excluding carboxylic acids is 1. The number of hydrogen-bond acceptors (Lipinski definition) is 5. The summed E-state index contributed by atoms with van der Waals surface area (Å²) in [5.74, 6) is -0.181. The van der Waals surface area contributed by atoms with Crippen molar-refractivity contribution in [1.29, 1.82) is 0 Å². The van der Waals surface area contributed by atoms with Gasteiger partial charge in [-0.15, -0.1) is 0 Å². The lowest BCUT2D eigenvalue weighted by atomic mass is 10.1. The Hall–Kier alpha value is -1.17. The summed E-state index contributed by atoms with van der Waals surface area (Å²) in [6.45, 7) is 4.95. The van der Waals surface area contributed by atoms with Crippen LogP contribution in [0, 0.1) is 0 Å². The quantitative estimate of drug-likeness (QED) is 0.0896. The van der Waals surface area contributed by atoms with Crippen molar-refractivity contribution in [3.8, 4) is 0 Å². The second-order valence-corrected chi connectivity index (χ2v) is 9.03. The van der Waals surface area contributed by atoms with Crippen molar-refractivity contribution in [3.63, 3.8) is 0 Å². The molecule has 0 aromatic carbocycles. The summed E-state index contributed by atoms with van der Waals surface area (Å²) in [5, 5.41) is 0. The second-order valence-electron chi connectivity index (χ2n) is 9.03. The molecule has 0 spiro atoms. The van der Waals surface area contributed by atoms with Crippen molar-refractivity contribution in [2.75, 3.05) is 47.6 Å². The van der Waals surface area contributed by atoms with Crippen molar-refractivity contribution in [3.05, 3.63) is 24.3 Å². The minimum Gasteiger partial charge on any atom is -0.469 e. The first kappa shape index (κ1) is 31.8. The first-order valence-corrected chi connectivity index (χ1v) is 13.3. The highest BCUT2D eigenvalue weighted by molar-refractivity contribution is 5.68. The number of carbonyl (C=O) groups is 1. The van der Waals surface area contributed by atoms with Crippen LogP contribution in [0.5, 0.6) is 0 Å². The van der Waals surface area contributed by atoms with Crippen LogP contribution in [-0.4, -0.2) is 64.5 Å². The van der Waals surface area contributed by atoms with E-state index in [-0.39, 0.29) is 12.0 Å². The van der Waals surface area contributed by atoms with Gasteiger partial charge in [0.1, 0.15) is 0 Å². The maximum Gasteiger partial charge on any atom is 0.305 e. The molecule has 0 aliphatic carbocycles. The maximum atomic E-state index is 11.1. The SMILES string of the molecule is CCCCC/C=C\C/C=C\CCCCCCCCOCC(COCCCC(=O)OC)N(C)C. The number of ether oxygens (including phenoxy) is 3. The third-order valence-corrected chi connectivity index (χ3v) is 5.74. The molecular formula is C28H53NO4. The van der Waals surface area contributed by atoms with Gasteiger partial charge in [0.25, 0.3) is 0 Å². The Morgan fingerprint density at radius 3 is 1.88 bits per heavy atom. The van der Waals surface area contributed by atoms with Crippen molar-refractivity contribution in [2.24, 2.45) is 0 Å². The Bertz CT molecular complexity index is 477. The summed E-state index contributed by atoms with van der Waals surface area (Å²) in [7, 11) is 5.51. The molecule has 0 aliphatic heterocycles.